The third-order valence-corrected chi connectivity index (χ3v) is 7.14. The van der Waals surface area contributed by atoms with Gasteiger partial charge in [-0.15, -0.1) is 0 Å². The van der Waals surface area contributed by atoms with Crippen LogP contribution in [0.1, 0.15) is 30.5 Å². The first-order chi connectivity index (χ1) is 12.2. The van der Waals surface area contributed by atoms with E-state index in [1.807, 2.05) is 17.8 Å². The zero-order chi connectivity index (χ0) is 17.4. The minimum Gasteiger partial charge on any atom is -0.302 e. The van der Waals surface area contributed by atoms with Crippen molar-refractivity contribution in [2.24, 2.45) is 0 Å². The number of fused-ring (bicyclic) bond motifs is 2. The third-order valence-electron chi connectivity index (χ3n) is 5.69. The van der Waals surface area contributed by atoms with Gasteiger partial charge in [0.25, 0.3) is 0 Å². The van der Waals surface area contributed by atoms with Crippen LogP contribution in [-0.2, 0) is 6.42 Å². The quantitative estimate of drug-likeness (QED) is 0.738. The minimum absolute atomic E-state index is 0.417. The number of nitrogens with zero attached hydrogens (tertiary/aromatic N) is 2. The first kappa shape index (κ1) is 17.4. The fraction of sp³-hybridized carbons (Fsp3) is 0.429. The fourth-order valence-corrected chi connectivity index (χ4v) is 5.37. The predicted molar refractivity (Wildman–Crippen MR) is 107 cm³/mol. The van der Waals surface area contributed by atoms with Crippen molar-refractivity contribution in [1.29, 1.82) is 0 Å². The lowest BCUT2D eigenvalue weighted by Crippen LogP contribution is -2.36. The van der Waals surface area contributed by atoms with Crippen molar-refractivity contribution >= 4 is 23.4 Å². The summed E-state index contributed by atoms with van der Waals surface area (Å²) in [5, 5.41) is 0.844. The SMILES string of the molecule is CCN(C)[C@H]1CCN([C@@H]2Cc3ccccc3Sc3ccc(Cl)cc32)C1. The topological polar surface area (TPSA) is 6.48 Å². The molecule has 0 aromatic heterocycles. The predicted octanol–water partition coefficient (Wildman–Crippen LogP) is 5.11. The van der Waals surface area contributed by atoms with E-state index < -0.39 is 0 Å². The zero-order valence-electron chi connectivity index (χ0n) is 14.9. The Kier molecular flexibility index (Phi) is 5.10. The molecule has 0 bridgehead atoms. The first-order valence-corrected chi connectivity index (χ1v) is 10.3. The van der Waals surface area contributed by atoms with E-state index in [2.05, 4.69) is 60.2 Å². The highest BCUT2D eigenvalue weighted by atomic mass is 35.5. The highest BCUT2D eigenvalue weighted by molar-refractivity contribution is 7.99. The Bertz CT molecular complexity index is 763. The number of likely N-dealkylation sites (N-methyl/N-ethyl adjacent to an activating group) is 1. The Hall–Kier alpha value is -1.00. The minimum atomic E-state index is 0.417. The van der Waals surface area contributed by atoms with Gasteiger partial charge in [0.15, 0.2) is 0 Å². The van der Waals surface area contributed by atoms with E-state index in [1.54, 1.807) is 0 Å². The molecule has 4 heteroatoms. The molecule has 2 aromatic rings. The van der Waals surface area contributed by atoms with Gasteiger partial charge in [0, 0.05) is 40.0 Å². The monoisotopic (exact) mass is 372 g/mol. The molecule has 2 aliphatic rings. The number of hydrogen-bond acceptors (Lipinski definition) is 3. The number of halogens is 1. The Morgan fingerprint density at radius 3 is 2.88 bits per heavy atom. The van der Waals surface area contributed by atoms with Gasteiger partial charge in [0.1, 0.15) is 0 Å². The molecular formula is C21H25ClN2S. The summed E-state index contributed by atoms with van der Waals surface area (Å²) in [6.07, 6.45) is 2.32. The van der Waals surface area contributed by atoms with E-state index in [0.717, 1.165) is 24.5 Å². The Labute approximate surface area is 160 Å². The van der Waals surface area contributed by atoms with E-state index in [4.69, 9.17) is 11.6 Å². The summed E-state index contributed by atoms with van der Waals surface area (Å²) in [4.78, 5) is 7.90. The van der Waals surface area contributed by atoms with Crippen LogP contribution >= 0.6 is 23.4 Å². The van der Waals surface area contributed by atoms with Crippen LogP contribution in [0, 0.1) is 0 Å². The average molecular weight is 373 g/mol. The Morgan fingerprint density at radius 1 is 1.20 bits per heavy atom. The summed E-state index contributed by atoms with van der Waals surface area (Å²) in [6.45, 7) is 5.67. The van der Waals surface area contributed by atoms with E-state index in [9.17, 15) is 0 Å². The molecule has 0 radical (unpaired) electrons. The highest BCUT2D eigenvalue weighted by Gasteiger charge is 2.33. The standard InChI is InChI=1S/C21H25ClN2S/c1-3-23(2)17-10-11-24(14-17)19-12-15-6-4-5-7-20(15)25-21-9-8-16(22)13-18(19)21/h4-9,13,17,19H,3,10-12,14H2,1-2H3/t17-,19+/m0/s1. The van der Waals surface area contributed by atoms with Crippen LogP contribution in [-0.4, -0.2) is 42.5 Å². The second kappa shape index (κ2) is 7.32. The van der Waals surface area contributed by atoms with Crippen LogP contribution in [0.2, 0.25) is 5.02 Å². The lowest BCUT2D eigenvalue weighted by atomic mass is 9.97. The van der Waals surface area contributed by atoms with Crippen molar-refractivity contribution in [1.82, 2.24) is 9.80 Å². The van der Waals surface area contributed by atoms with Crippen molar-refractivity contribution in [3.8, 4) is 0 Å². The van der Waals surface area contributed by atoms with E-state index in [1.165, 1.54) is 33.9 Å². The molecule has 4 rings (SSSR count). The molecule has 0 aliphatic carbocycles. The Morgan fingerprint density at radius 2 is 2.04 bits per heavy atom. The molecule has 0 N–H and O–H groups in total. The largest absolute Gasteiger partial charge is 0.302 e. The summed E-state index contributed by atoms with van der Waals surface area (Å²) in [5.74, 6) is 0. The average Bonchev–Trinajstić information content (AvgIpc) is 3.05. The first-order valence-electron chi connectivity index (χ1n) is 9.15. The summed E-state index contributed by atoms with van der Waals surface area (Å²) in [6, 6.07) is 16.3. The van der Waals surface area contributed by atoms with Crippen molar-refractivity contribution in [3.63, 3.8) is 0 Å². The molecule has 2 atom stereocenters. The summed E-state index contributed by atoms with van der Waals surface area (Å²) in [7, 11) is 2.25. The number of likely N-dealkylation sites (tertiary alicyclic amines) is 1. The van der Waals surface area contributed by atoms with Crippen molar-refractivity contribution in [3.05, 3.63) is 58.6 Å². The van der Waals surface area contributed by atoms with Gasteiger partial charge in [-0.2, -0.15) is 0 Å². The van der Waals surface area contributed by atoms with Crippen LogP contribution < -0.4 is 0 Å². The molecule has 1 saturated heterocycles. The van der Waals surface area contributed by atoms with Crippen LogP contribution in [0.3, 0.4) is 0 Å². The van der Waals surface area contributed by atoms with Gasteiger partial charge in [-0.05, 0) is 61.8 Å². The highest BCUT2D eigenvalue weighted by Crippen LogP contribution is 2.44. The van der Waals surface area contributed by atoms with Gasteiger partial charge < -0.3 is 4.90 Å². The van der Waals surface area contributed by atoms with Gasteiger partial charge in [0.2, 0.25) is 0 Å². The van der Waals surface area contributed by atoms with Crippen LogP contribution in [0.5, 0.6) is 0 Å². The van der Waals surface area contributed by atoms with Crippen LogP contribution in [0.25, 0.3) is 0 Å². The van der Waals surface area contributed by atoms with Crippen molar-refractivity contribution in [2.45, 2.75) is 41.6 Å². The number of hydrogen-bond donors (Lipinski definition) is 0. The molecule has 2 nitrogen and oxygen atoms in total. The molecule has 132 valence electrons. The molecule has 0 spiro atoms. The van der Waals surface area contributed by atoms with Gasteiger partial charge in [-0.1, -0.05) is 48.5 Å². The lowest BCUT2D eigenvalue weighted by Gasteiger charge is -2.30. The maximum atomic E-state index is 6.38. The molecule has 2 heterocycles. The Balaban J connectivity index is 1.70. The van der Waals surface area contributed by atoms with Gasteiger partial charge in [-0.25, -0.2) is 0 Å². The third kappa shape index (κ3) is 3.48. The maximum absolute atomic E-state index is 6.38. The summed E-state index contributed by atoms with van der Waals surface area (Å²) >= 11 is 8.27. The van der Waals surface area contributed by atoms with Crippen molar-refractivity contribution in [2.75, 3.05) is 26.7 Å². The van der Waals surface area contributed by atoms with Crippen LogP contribution in [0.4, 0.5) is 0 Å². The zero-order valence-corrected chi connectivity index (χ0v) is 16.5. The fourth-order valence-electron chi connectivity index (χ4n) is 4.08. The second-order valence-electron chi connectivity index (χ2n) is 7.12. The molecule has 0 unspecified atom stereocenters. The van der Waals surface area contributed by atoms with E-state index in [-0.39, 0.29) is 0 Å². The molecule has 25 heavy (non-hydrogen) atoms. The molecule has 1 fully saturated rings. The molecule has 2 aromatic carbocycles. The molecule has 0 saturated carbocycles. The van der Waals surface area contributed by atoms with Gasteiger partial charge >= 0.3 is 0 Å². The number of benzene rings is 2. The molecule has 2 aliphatic heterocycles. The normalized spacial score (nSPS) is 23.4. The molecule has 0 amide bonds. The van der Waals surface area contributed by atoms with E-state index >= 15 is 0 Å². The van der Waals surface area contributed by atoms with Crippen LogP contribution in [0.15, 0.2) is 52.3 Å². The second-order valence-corrected chi connectivity index (χ2v) is 8.64. The molecular weight excluding hydrogens is 348 g/mol. The van der Waals surface area contributed by atoms with Gasteiger partial charge in [-0.3, -0.25) is 4.90 Å². The summed E-state index contributed by atoms with van der Waals surface area (Å²) in [5.41, 5.74) is 2.85. The maximum Gasteiger partial charge on any atom is 0.0410 e. The van der Waals surface area contributed by atoms with Crippen molar-refractivity contribution < 1.29 is 0 Å². The summed E-state index contributed by atoms with van der Waals surface area (Å²) < 4.78 is 0. The smallest absolute Gasteiger partial charge is 0.0410 e. The van der Waals surface area contributed by atoms with Gasteiger partial charge in [0.05, 0.1) is 0 Å². The lowest BCUT2D eigenvalue weighted by molar-refractivity contribution is 0.202. The van der Waals surface area contributed by atoms with E-state index in [0.29, 0.717) is 12.1 Å². The number of rotatable bonds is 3.